The molecule has 0 aliphatic rings. The SMILES string of the molecule is CCOC(=O)CN(c1cccc([N+](=O)[O-])c1C)S(=O)(=O)c1ccc(OCC)cc1. The van der Waals surface area contributed by atoms with Crippen LogP contribution in [0.3, 0.4) is 0 Å². The van der Waals surface area contributed by atoms with E-state index in [4.69, 9.17) is 9.47 Å². The molecular formula is C19H22N2O7S. The third-order valence-corrected chi connectivity index (χ3v) is 5.82. The van der Waals surface area contributed by atoms with Crippen molar-refractivity contribution >= 4 is 27.4 Å². The molecule has 0 N–H and O–H groups in total. The molecule has 2 aromatic rings. The first kappa shape index (κ1) is 22.2. The van der Waals surface area contributed by atoms with E-state index in [1.807, 2.05) is 0 Å². The van der Waals surface area contributed by atoms with Crippen LogP contribution in [0.15, 0.2) is 47.4 Å². The molecule has 0 saturated carbocycles. The molecule has 2 rings (SSSR count). The van der Waals surface area contributed by atoms with Crippen LogP contribution in [0.5, 0.6) is 5.75 Å². The van der Waals surface area contributed by atoms with Gasteiger partial charge in [0.2, 0.25) is 0 Å². The Morgan fingerprint density at radius 1 is 1.10 bits per heavy atom. The summed E-state index contributed by atoms with van der Waals surface area (Å²) in [5.74, 6) is -0.275. The van der Waals surface area contributed by atoms with E-state index in [-0.39, 0.29) is 28.4 Å². The maximum absolute atomic E-state index is 13.3. The van der Waals surface area contributed by atoms with E-state index in [2.05, 4.69) is 0 Å². The van der Waals surface area contributed by atoms with Crippen LogP contribution in [0.2, 0.25) is 0 Å². The molecule has 29 heavy (non-hydrogen) atoms. The molecular weight excluding hydrogens is 400 g/mol. The van der Waals surface area contributed by atoms with Crippen LogP contribution in [0.1, 0.15) is 19.4 Å². The van der Waals surface area contributed by atoms with E-state index in [1.165, 1.54) is 49.4 Å². The predicted molar refractivity (Wildman–Crippen MR) is 107 cm³/mol. The number of benzene rings is 2. The number of nitrogens with zero attached hydrogens (tertiary/aromatic N) is 2. The van der Waals surface area contributed by atoms with E-state index < -0.39 is 27.5 Å². The largest absolute Gasteiger partial charge is 0.494 e. The Balaban J connectivity index is 2.57. The number of carbonyl (C=O) groups is 1. The third kappa shape index (κ3) is 5.02. The third-order valence-electron chi connectivity index (χ3n) is 4.04. The minimum atomic E-state index is -4.21. The number of hydrogen-bond donors (Lipinski definition) is 0. The van der Waals surface area contributed by atoms with Crippen molar-refractivity contribution in [1.29, 1.82) is 0 Å². The molecule has 2 aromatic carbocycles. The molecule has 0 aliphatic carbocycles. The van der Waals surface area contributed by atoms with Gasteiger partial charge in [-0.3, -0.25) is 19.2 Å². The van der Waals surface area contributed by atoms with Gasteiger partial charge in [0.1, 0.15) is 12.3 Å². The van der Waals surface area contributed by atoms with Crippen LogP contribution >= 0.6 is 0 Å². The van der Waals surface area contributed by atoms with Crippen LogP contribution in [0, 0.1) is 17.0 Å². The Morgan fingerprint density at radius 3 is 2.31 bits per heavy atom. The van der Waals surface area contributed by atoms with Gasteiger partial charge in [-0.05, 0) is 51.1 Å². The lowest BCUT2D eigenvalue weighted by atomic mass is 10.1. The summed E-state index contributed by atoms with van der Waals surface area (Å²) in [5, 5.41) is 11.3. The van der Waals surface area contributed by atoms with Crippen LogP contribution in [0.4, 0.5) is 11.4 Å². The van der Waals surface area contributed by atoms with Crippen LogP contribution in [-0.4, -0.2) is 39.1 Å². The van der Waals surface area contributed by atoms with Crippen LogP contribution in [0.25, 0.3) is 0 Å². The summed E-state index contributed by atoms with van der Waals surface area (Å²) in [6.07, 6.45) is 0. The molecule has 0 fully saturated rings. The Bertz CT molecular complexity index is 988. The van der Waals surface area contributed by atoms with E-state index in [9.17, 15) is 23.3 Å². The number of sulfonamides is 1. The van der Waals surface area contributed by atoms with E-state index in [1.54, 1.807) is 13.8 Å². The Hall–Kier alpha value is -3.14. The molecule has 0 heterocycles. The zero-order valence-electron chi connectivity index (χ0n) is 16.3. The summed E-state index contributed by atoms with van der Waals surface area (Å²) in [5.41, 5.74) is -0.101. The topological polar surface area (TPSA) is 116 Å². The first-order chi connectivity index (χ1) is 13.7. The van der Waals surface area contributed by atoms with Crippen LogP contribution < -0.4 is 9.04 Å². The number of carbonyl (C=O) groups excluding carboxylic acids is 1. The van der Waals surface area contributed by atoms with Crippen molar-refractivity contribution in [1.82, 2.24) is 0 Å². The molecule has 0 bridgehead atoms. The second kappa shape index (κ2) is 9.37. The molecule has 0 radical (unpaired) electrons. The van der Waals surface area contributed by atoms with Crippen molar-refractivity contribution in [2.45, 2.75) is 25.7 Å². The van der Waals surface area contributed by atoms with Gasteiger partial charge in [-0.2, -0.15) is 0 Å². The fourth-order valence-corrected chi connectivity index (χ4v) is 4.17. The van der Waals surface area contributed by atoms with E-state index >= 15 is 0 Å². The standard InChI is InChI=1S/C19H22N2O7S/c1-4-27-15-9-11-16(12-10-15)29(25,26)20(13-19(22)28-5-2)17-7-6-8-18(14(17)3)21(23)24/h6-12H,4-5,13H2,1-3H3. The highest BCUT2D eigenvalue weighted by molar-refractivity contribution is 7.92. The average Bonchev–Trinajstić information content (AvgIpc) is 2.67. The molecule has 0 aromatic heterocycles. The summed E-state index contributed by atoms with van der Waals surface area (Å²) >= 11 is 0. The van der Waals surface area contributed by atoms with Gasteiger partial charge in [0, 0.05) is 6.07 Å². The number of nitro groups is 1. The number of esters is 1. The van der Waals surface area contributed by atoms with Gasteiger partial charge in [-0.15, -0.1) is 0 Å². The zero-order valence-corrected chi connectivity index (χ0v) is 17.1. The lowest BCUT2D eigenvalue weighted by Crippen LogP contribution is -2.37. The highest BCUT2D eigenvalue weighted by Crippen LogP contribution is 2.32. The molecule has 0 unspecified atom stereocenters. The maximum Gasteiger partial charge on any atom is 0.326 e. The summed E-state index contributed by atoms with van der Waals surface area (Å²) in [4.78, 5) is 22.7. The molecule has 0 atom stereocenters. The second-order valence-corrected chi connectivity index (χ2v) is 7.76. The molecule has 0 spiro atoms. The molecule has 0 saturated heterocycles. The Kier molecular flexibility index (Phi) is 7.16. The van der Waals surface area contributed by atoms with Gasteiger partial charge in [0.05, 0.1) is 34.3 Å². The van der Waals surface area contributed by atoms with Gasteiger partial charge in [0.25, 0.3) is 15.7 Å². The summed E-state index contributed by atoms with van der Waals surface area (Å²) < 4.78 is 37.6. The number of nitro benzene ring substituents is 1. The molecule has 10 heteroatoms. The van der Waals surface area contributed by atoms with Crippen molar-refractivity contribution in [3.05, 3.63) is 58.1 Å². The minimum absolute atomic E-state index is 0.0288. The number of anilines is 1. The zero-order chi connectivity index (χ0) is 21.6. The van der Waals surface area contributed by atoms with Crippen LogP contribution in [-0.2, 0) is 19.6 Å². The van der Waals surface area contributed by atoms with Crippen molar-refractivity contribution in [2.75, 3.05) is 24.1 Å². The highest BCUT2D eigenvalue weighted by Gasteiger charge is 2.30. The Labute approximate surface area is 169 Å². The number of hydrogen-bond acceptors (Lipinski definition) is 7. The second-order valence-electron chi connectivity index (χ2n) is 5.90. The summed E-state index contributed by atoms with van der Waals surface area (Å²) in [6, 6.07) is 9.75. The van der Waals surface area contributed by atoms with Crippen molar-refractivity contribution in [3.8, 4) is 5.75 Å². The van der Waals surface area contributed by atoms with Crippen molar-refractivity contribution < 1.29 is 27.6 Å². The normalized spacial score (nSPS) is 11.0. The van der Waals surface area contributed by atoms with Gasteiger partial charge in [-0.1, -0.05) is 6.07 Å². The van der Waals surface area contributed by atoms with E-state index in [0.29, 0.717) is 12.4 Å². The summed E-state index contributed by atoms with van der Waals surface area (Å²) in [7, 11) is -4.21. The first-order valence-corrected chi connectivity index (χ1v) is 10.3. The van der Waals surface area contributed by atoms with Gasteiger partial charge in [0.15, 0.2) is 0 Å². The van der Waals surface area contributed by atoms with Gasteiger partial charge >= 0.3 is 5.97 Å². The quantitative estimate of drug-likeness (QED) is 0.346. The fourth-order valence-electron chi connectivity index (χ4n) is 2.70. The molecule has 0 amide bonds. The van der Waals surface area contributed by atoms with Crippen molar-refractivity contribution in [2.24, 2.45) is 0 Å². The smallest absolute Gasteiger partial charge is 0.326 e. The molecule has 0 aliphatic heterocycles. The Morgan fingerprint density at radius 2 is 1.76 bits per heavy atom. The lowest BCUT2D eigenvalue weighted by molar-refractivity contribution is -0.385. The maximum atomic E-state index is 13.3. The minimum Gasteiger partial charge on any atom is -0.494 e. The number of ether oxygens (including phenoxy) is 2. The lowest BCUT2D eigenvalue weighted by Gasteiger charge is -2.25. The first-order valence-electron chi connectivity index (χ1n) is 8.87. The van der Waals surface area contributed by atoms with Gasteiger partial charge < -0.3 is 9.47 Å². The van der Waals surface area contributed by atoms with Gasteiger partial charge in [-0.25, -0.2) is 8.42 Å². The molecule has 9 nitrogen and oxygen atoms in total. The average molecular weight is 422 g/mol. The predicted octanol–water partition coefficient (Wildman–Crippen LogP) is 3.06. The number of rotatable bonds is 9. The van der Waals surface area contributed by atoms with E-state index in [0.717, 1.165) is 4.31 Å². The van der Waals surface area contributed by atoms with Crippen molar-refractivity contribution in [3.63, 3.8) is 0 Å². The fraction of sp³-hybridized carbons (Fsp3) is 0.316. The molecule has 156 valence electrons. The monoisotopic (exact) mass is 422 g/mol. The highest BCUT2D eigenvalue weighted by atomic mass is 32.2. The summed E-state index contributed by atoms with van der Waals surface area (Å²) in [6.45, 7) is 4.71.